The number of anilines is 1. The number of carboxylic acid groups (broad SMARTS) is 1. The Morgan fingerprint density at radius 3 is 2.31 bits per heavy atom. The molecule has 1 aliphatic heterocycles. The first-order valence-electron chi connectivity index (χ1n) is 10.7. The third kappa shape index (κ3) is 6.35. The fraction of sp³-hybridized carbons (Fsp3) is 0.435. The minimum atomic E-state index is -1.51. The minimum absolute atomic E-state index is 0.240. The Kier molecular flexibility index (Phi) is 7.75. The molecule has 2 heterocycles. The Morgan fingerprint density at radius 2 is 1.69 bits per heavy atom. The van der Waals surface area contributed by atoms with Crippen LogP contribution in [0.5, 0.6) is 0 Å². The maximum atomic E-state index is 12.6. The van der Waals surface area contributed by atoms with Crippen molar-refractivity contribution in [2.75, 3.05) is 5.32 Å². The molecular weight excluding hydrogens is 466 g/mol. The van der Waals surface area contributed by atoms with Crippen LogP contribution in [-0.2, 0) is 33.3 Å². The second-order valence-electron chi connectivity index (χ2n) is 8.11. The van der Waals surface area contributed by atoms with E-state index in [0.29, 0.717) is 10.9 Å². The van der Waals surface area contributed by atoms with Crippen LogP contribution in [0.1, 0.15) is 32.8 Å². The van der Waals surface area contributed by atoms with Gasteiger partial charge in [0.05, 0.1) is 12.5 Å². The monoisotopic (exact) mass is 491 g/mol. The zero-order chi connectivity index (χ0) is 25.9. The van der Waals surface area contributed by atoms with Gasteiger partial charge in [-0.2, -0.15) is 0 Å². The molecule has 2 N–H and O–H groups in total. The summed E-state index contributed by atoms with van der Waals surface area (Å²) in [5.74, 6) is -3.59. The lowest BCUT2D eigenvalue weighted by Gasteiger charge is -2.43. The summed E-state index contributed by atoms with van der Waals surface area (Å²) in [6.07, 6.45) is -6.46. The van der Waals surface area contributed by atoms with Crippen LogP contribution in [0.2, 0.25) is 0 Å². The predicted molar refractivity (Wildman–Crippen MR) is 119 cm³/mol. The van der Waals surface area contributed by atoms with Gasteiger partial charge in [0.2, 0.25) is 12.4 Å². The summed E-state index contributed by atoms with van der Waals surface area (Å²) in [6, 6.07) is 5.99. The quantitative estimate of drug-likeness (QED) is 0.346. The summed E-state index contributed by atoms with van der Waals surface area (Å²) in [6.45, 7) is 5.48. The van der Waals surface area contributed by atoms with Gasteiger partial charge in [0.25, 0.3) is 0 Å². The van der Waals surface area contributed by atoms with Gasteiger partial charge in [-0.05, 0) is 31.5 Å². The molecule has 0 bridgehead atoms. The van der Waals surface area contributed by atoms with Crippen LogP contribution < -0.4 is 10.9 Å². The molecule has 0 spiro atoms. The van der Waals surface area contributed by atoms with Crippen molar-refractivity contribution in [3.8, 4) is 0 Å². The van der Waals surface area contributed by atoms with E-state index >= 15 is 0 Å². The Bertz CT molecular complexity index is 1200. The normalized spacial score (nSPS) is 23.8. The molecule has 5 atom stereocenters. The molecule has 2 aromatic rings. The summed E-state index contributed by atoms with van der Waals surface area (Å²) in [7, 11) is 0. The zero-order valence-corrected chi connectivity index (χ0v) is 19.4. The van der Waals surface area contributed by atoms with Gasteiger partial charge in [-0.3, -0.25) is 19.7 Å². The van der Waals surface area contributed by atoms with E-state index in [1.807, 2.05) is 0 Å². The Morgan fingerprint density at radius 1 is 1.03 bits per heavy atom. The SMILES string of the molecule is CC(=O)O[C@@H]1[C@H](OC(=O)Nc2ccc3c(C)cc(=O)oc3c2)O[C@@H](C)[C@@H](CC(=O)O)[C@H]1OC(C)=O. The molecule has 1 aromatic heterocycles. The van der Waals surface area contributed by atoms with Gasteiger partial charge >= 0.3 is 29.6 Å². The number of aryl methyl sites for hydroxylation is 1. The van der Waals surface area contributed by atoms with Gasteiger partial charge in [0.15, 0.2) is 6.10 Å². The van der Waals surface area contributed by atoms with E-state index in [-0.39, 0.29) is 11.3 Å². The van der Waals surface area contributed by atoms with Crippen molar-refractivity contribution in [3.05, 3.63) is 40.2 Å². The number of hydrogen-bond donors (Lipinski definition) is 2. The van der Waals surface area contributed by atoms with Crippen LogP contribution in [0.25, 0.3) is 11.0 Å². The lowest BCUT2D eigenvalue weighted by Crippen LogP contribution is -2.58. The number of fused-ring (bicyclic) bond motifs is 1. The molecular formula is C23H25NO11. The van der Waals surface area contributed by atoms with E-state index in [4.69, 9.17) is 23.4 Å². The maximum Gasteiger partial charge on any atom is 0.414 e. The van der Waals surface area contributed by atoms with E-state index in [1.165, 1.54) is 19.1 Å². The van der Waals surface area contributed by atoms with Crippen LogP contribution in [0.15, 0.2) is 33.5 Å². The Balaban J connectivity index is 1.83. The molecule has 1 fully saturated rings. The van der Waals surface area contributed by atoms with Crippen molar-refractivity contribution >= 4 is 40.7 Å². The van der Waals surface area contributed by atoms with Crippen molar-refractivity contribution in [1.29, 1.82) is 0 Å². The molecule has 0 saturated carbocycles. The number of aliphatic carboxylic acids is 1. The number of amides is 1. The molecule has 1 amide bonds. The molecule has 3 rings (SSSR count). The first kappa shape index (κ1) is 25.7. The average molecular weight is 491 g/mol. The highest BCUT2D eigenvalue weighted by Crippen LogP contribution is 2.33. The molecule has 12 nitrogen and oxygen atoms in total. The van der Waals surface area contributed by atoms with E-state index in [1.54, 1.807) is 19.1 Å². The number of nitrogens with one attached hydrogen (secondary N) is 1. The number of esters is 2. The number of carboxylic acids is 1. The number of carbonyl (C=O) groups is 4. The zero-order valence-electron chi connectivity index (χ0n) is 19.4. The summed E-state index contributed by atoms with van der Waals surface area (Å²) in [5.41, 5.74) is 0.645. The standard InChI is InChI=1S/C23H25NO11/c1-10-7-19(29)34-17-8-14(5-6-15(10)17)24-23(30)35-22-21(33-13(4)26)20(32-12(3)25)16(9-18(27)28)11(2)31-22/h5-8,11,16,20-22H,9H2,1-4H3,(H,24,30)(H,27,28)/t11-,16+,20+,21-,22-/m0/s1. The number of benzene rings is 1. The second-order valence-corrected chi connectivity index (χ2v) is 8.11. The van der Waals surface area contributed by atoms with Gasteiger partial charge in [-0.1, -0.05) is 0 Å². The molecule has 1 aliphatic rings. The van der Waals surface area contributed by atoms with Gasteiger partial charge in [-0.25, -0.2) is 9.59 Å². The lowest BCUT2D eigenvalue weighted by atomic mass is 9.86. The highest BCUT2D eigenvalue weighted by molar-refractivity contribution is 5.90. The summed E-state index contributed by atoms with van der Waals surface area (Å²) in [4.78, 5) is 59.1. The molecule has 1 aromatic carbocycles. The molecule has 0 unspecified atom stereocenters. The Labute approximate surface area is 199 Å². The van der Waals surface area contributed by atoms with Gasteiger partial charge in [0, 0.05) is 43.0 Å². The maximum absolute atomic E-state index is 12.6. The third-order valence-electron chi connectivity index (χ3n) is 5.40. The van der Waals surface area contributed by atoms with Crippen molar-refractivity contribution in [2.24, 2.45) is 5.92 Å². The third-order valence-corrected chi connectivity index (χ3v) is 5.40. The topological polar surface area (TPSA) is 168 Å². The van der Waals surface area contributed by atoms with Crippen LogP contribution in [0.3, 0.4) is 0 Å². The van der Waals surface area contributed by atoms with Crippen molar-refractivity contribution in [2.45, 2.75) is 58.7 Å². The number of hydrogen-bond acceptors (Lipinski definition) is 10. The van der Waals surface area contributed by atoms with Crippen molar-refractivity contribution in [1.82, 2.24) is 0 Å². The van der Waals surface area contributed by atoms with E-state index in [9.17, 15) is 29.1 Å². The fourth-order valence-electron chi connectivity index (χ4n) is 3.95. The van der Waals surface area contributed by atoms with Crippen LogP contribution >= 0.6 is 0 Å². The molecule has 12 heteroatoms. The summed E-state index contributed by atoms with van der Waals surface area (Å²) >= 11 is 0. The smallest absolute Gasteiger partial charge is 0.414 e. The predicted octanol–water partition coefficient (Wildman–Crippen LogP) is 2.35. The summed E-state index contributed by atoms with van der Waals surface area (Å²) < 4.78 is 26.6. The summed E-state index contributed by atoms with van der Waals surface area (Å²) in [5, 5.41) is 12.4. The van der Waals surface area contributed by atoms with E-state index < -0.39 is 66.6 Å². The average Bonchev–Trinajstić information content (AvgIpc) is 2.72. The highest BCUT2D eigenvalue weighted by Gasteiger charge is 2.50. The Hall–Kier alpha value is -3.93. The minimum Gasteiger partial charge on any atom is -0.481 e. The number of rotatable bonds is 6. The first-order chi connectivity index (χ1) is 16.4. The van der Waals surface area contributed by atoms with Crippen molar-refractivity contribution < 1.29 is 47.6 Å². The fourth-order valence-corrected chi connectivity index (χ4v) is 3.95. The number of carbonyl (C=O) groups excluding carboxylic acids is 3. The highest BCUT2D eigenvalue weighted by atomic mass is 16.7. The first-order valence-corrected chi connectivity index (χ1v) is 10.7. The van der Waals surface area contributed by atoms with Gasteiger partial charge in [0.1, 0.15) is 5.58 Å². The van der Waals surface area contributed by atoms with E-state index in [0.717, 1.165) is 13.8 Å². The molecule has 0 aliphatic carbocycles. The van der Waals surface area contributed by atoms with Crippen LogP contribution in [0.4, 0.5) is 10.5 Å². The van der Waals surface area contributed by atoms with Gasteiger partial charge < -0.3 is 28.5 Å². The molecule has 188 valence electrons. The number of ether oxygens (including phenoxy) is 4. The second kappa shape index (κ2) is 10.6. The largest absolute Gasteiger partial charge is 0.481 e. The van der Waals surface area contributed by atoms with Gasteiger partial charge in [-0.15, -0.1) is 0 Å². The van der Waals surface area contributed by atoms with Crippen LogP contribution in [0, 0.1) is 12.8 Å². The van der Waals surface area contributed by atoms with Crippen molar-refractivity contribution in [3.63, 3.8) is 0 Å². The lowest BCUT2D eigenvalue weighted by molar-refractivity contribution is -0.272. The molecule has 0 radical (unpaired) electrons. The molecule has 1 saturated heterocycles. The molecule has 35 heavy (non-hydrogen) atoms. The van der Waals surface area contributed by atoms with Crippen LogP contribution in [-0.4, -0.2) is 53.7 Å². The van der Waals surface area contributed by atoms with E-state index in [2.05, 4.69) is 5.32 Å².